The molecule has 0 spiro atoms. The van der Waals surface area contributed by atoms with Gasteiger partial charge in [-0.1, -0.05) is 12.1 Å². The van der Waals surface area contributed by atoms with Gasteiger partial charge in [-0.2, -0.15) is 8.78 Å². The van der Waals surface area contributed by atoms with Crippen LogP contribution in [-0.2, 0) is 0 Å². The number of alkyl halides is 2. The predicted octanol–water partition coefficient (Wildman–Crippen LogP) is 2.13. The number of amides is 1. The van der Waals surface area contributed by atoms with Gasteiger partial charge in [-0.05, 0) is 26.0 Å². The fraction of sp³-hybridized carbons (Fsp3) is 0.462. The van der Waals surface area contributed by atoms with E-state index in [2.05, 4.69) is 4.74 Å². The van der Waals surface area contributed by atoms with Crippen molar-refractivity contribution in [2.24, 2.45) is 0 Å². The van der Waals surface area contributed by atoms with Gasteiger partial charge in [-0.3, -0.25) is 4.79 Å². The second-order valence-electron chi connectivity index (χ2n) is 4.19. The molecule has 0 bridgehead atoms. The first-order valence-electron chi connectivity index (χ1n) is 5.93. The Morgan fingerprint density at radius 2 is 2.00 bits per heavy atom. The van der Waals surface area contributed by atoms with Crippen LogP contribution in [0.3, 0.4) is 0 Å². The van der Waals surface area contributed by atoms with Crippen molar-refractivity contribution in [3.05, 3.63) is 29.8 Å². The first-order chi connectivity index (χ1) is 8.97. The lowest BCUT2D eigenvalue weighted by Crippen LogP contribution is -2.39. The Bertz CT molecular complexity index is 424. The molecule has 0 heterocycles. The molecule has 1 aromatic carbocycles. The fourth-order valence-corrected chi connectivity index (χ4v) is 1.70. The van der Waals surface area contributed by atoms with Crippen LogP contribution in [-0.4, -0.2) is 41.7 Å². The highest BCUT2D eigenvalue weighted by Crippen LogP contribution is 2.22. The van der Waals surface area contributed by atoms with Crippen molar-refractivity contribution < 1.29 is 23.4 Å². The van der Waals surface area contributed by atoms with Gasteiger partial charge in [0.25, 0.3) is 5.91 Å². The Labute approximate surface area is 110 Å². The molecule has 19 heavy (non-hydrogen) atoms. The van der Waals surface area contributed by atoms with Crippen LogP contribution in [0.4, 0.5) is 8.78 Å². The zero-order valence-electron chi connectivity index (χ0n) is 10.8. The molecule has 0 aliphatic carbocycles. The number of carbonyl (C=O) groups excluding carboxylic acids is 1. The third kappa shape index (κ3) is 4.17. The van der Waals surface area contributed by atoms with E-state index in [1.54, 1.807) is 19.9 Å². The minimum Gasteiger partial charge on any atom is -0.434 e. The Balaban J connectivity index is 3.03. The molecule has 6 heteroatoms. The maximum atomic E-state index is 12.3. The molecule has 0 saturated carbocycles. The maximum absolute atomic E-state index is 12.3. The second-order valence-corrected chi connectivity index (χ2v) is 4.19. The highest BCUT2D eigenvalue weighted by atomic mass is 19.3. The van der Waals surface area contributed by atoms with Gasteiger partial charge < -0.3 is 14.7 Å². The number of carbonyl (C=O) groups is 1. The van der Waals surface area contributed by atoms with Gasteiger partial charge in [0.15, 0.2) is 0 Å². The van der Waals surface area contributed by atoms with E-state index in [0.29, 0.717) is 0 Å². The van der Waals surface area contributed by atoms with Crippen molar-refractivity contribution in [3.63, 3.8) is 0 Å². The SMILES string of the molecule is CC(C)N(CCO)C(=O)c1ccccc1OC(F)F. The molecule has 4 nitrogen and oxygen atoms in total. The minimum absolute atomic E-state index is 0.0601. The fourth-order valence-electron chi connectivity index (χ4n) is 1.70. The molecule has 106 valence electrons. The van der Waals surface area contributed by atoms with Crippen molar-refractivity contribution >= 4 is 5.91 Å². The van der Waals surface area contributed by atoms with E-state index in [-0.39, 0.29) is 30.5 Å². The maximum Gasteiger partial charge on any atom is 0.387 e. The number of aliphatic hydroxyl groups excluding tert-OH is 1. The summed E-state index contributed by atoms with van der Waals surface area (Å²) in [6.45, 7) is 0.523. The Hall–Kier alpha value is -1.69. The third-order valence-electron chi connectivity index (χ3n) is 2.56. The van der Waals surface area contributed by atoms with Gasteiger partial charge in [0.05, 0.1) is 12.2 Å². The number of benzene rings is 1. The summed E-state index contributed by atoms with van der Waals surface area (Å²) in [5, 5.41) is 8.95. The van der Waals surface area contributed by atoms with E-state index < -0.39 is 12.5 Å². The summed E-state index contributed by atoms with van der Waals surface area (Å²) in [6.07, 6.45) is 0. The van der Waals surface area contributed by atoms with Gasteiger partial charge in [0.2, 0.25) is 0 Å². The van der Waals surface area contributed by atoms with Crippen LogP contribution in [0.5, 0.6) is 5.75 Å². The largest absolute Gasteiger partial charge is 0.434 e. The number of aliphatic hydroxyl groups is 1. The standard InChI is InChI=1S/C13H17F2NO3/c1-9(2)16(7-8-17)12(18)10-5-3-4-6-11(10)19-13(14)15/h3-6,9,13,17H,7-8H2,1-2H3. The Morgan fingerprint density at radius 3 is 2.53 bits per heavy atom. The Morgan fingerprint density at radius 1 is 1.37 bits per heavy atom. The van der Waals surface area contributed by atoms with Crippen LogP contribution >= 0.6 is 0 Å². The van der Waals surface area contributed by atoms with E-state index in [4.69, 9.17) is 5.11 Å². The average molecular weight is 273 g/mol. The predicted molar refractivity (Wildman–Crippen MR) is 66.3 cm³/mol. The van der Waals surface area contributed by atoms with Crippen molar-refractivity contribution in [2.75, 3.05) is 13.2 Å². The van der Waals surface area contributed by atoms with Crippen molar-refractivity contribution in [1.29, 1.82) is 0 Å². The number of halogens is 2. The second kappa shape index (κ2) is 7.04. The van der Waals surface area contributed by atoms with E-state index in [0.717, 1.165) is 0 Å². The molecule has 0 atom stereocenters. The van der Waals surface area contributed by atoms with E-state index >= 15 is 0 Å². The number of hydrogen-bond acceptors (Lipinski definition) is 3. The molecule has 1 rings (SSSR count). The summed E-state index contributed by atoms with van der Waals surface area (Å²) < 4.78 is 28.9. The van der Waals surface area contributed by atoms with Crippen LogP contribution in [0.15, 0.2) is 24.3 Å². The van der Waals surface area contributed by atoms with E-state index in [1.807, 2.05) is 0 Å². The zero-order valence-corrected chi connectivity index (χ0v) is 10.8. The molecule has 1 N–H and O–H groups in total. The van der Waals surface area contributed by atoms with Crippen LogP contribution in [0, 0.1) is 0 Å². The van der Waals surface area contributed by atoms with Crippen molar-refractivity contribution in [2.45, 2.75) is 26.5 Å². The average Bonchev–Trinajstić information content (AvgIpc) is 2.34. The summed E-state index contributed by atoms with van der Waals surface area (Å²) in [4.78, 5) is 13.7. The van der Waals surface area contributed by atoms with Gasteiger partial charge in [-0.15, -0.1) is 0 Å². The number of para-hydroxylation sites is 1. The lowest BCUT2D eigenvalue weighted by molar-refractivity contribution is -0.0503. The molecule has 1 aromatic rings. The topological polar surface area (TPSA) is 49.8 Å². The van der Waals surface area contributed by atoms with Crippen LogP contribution in [0.1, 0.15) is 24.2 Å². The molecule has 0 aliphatic heterocycles. The van der Waals surface area contributed by atoms with E-state index in [9.17, 15) is 13.6 Å². The van der Waals surface area contributed by atoms with Crippen LogP contribution in [0.25, 0.3) is 0 Å². The molecule has 0 saturated heterocycles. The summed E-state index contributed by atoms with van der Waals surface area (Å²) in [6, 6.07) is 5.67. The molecule has 0 radical (unpaired) electrons. The highest BCUT2D eigenvalue weighted by Gasteiger charge is 2.22. The normalized spacial score (nSPS) is 10.9. The quantitative estimate of drug-likeness (QED) is 0.863. The summed E-state index contributed by atoms with van der Waals surface area (Å²) in [7, 11) is 0. The van der Waals surface area contributed by atoms with Gasteiger partial charge in [0.1, 0.15) is 5.75 Å². The monoisotopic (exact) mass is 273 g/mol. The van der Waals surface area contributed by atoms with Gasteiger partial charge in [-0.25, -0.2) is 0 Å². The van der Waals surface area contributed by atoms with Crippen molar-refractivity contribution in [1.82, 2.24) is 4.90 Å². The van der Waals surface area contributed by atoms with Crippen LogP contribution < -0.4 is 4.74 Å². The summed E-state index contributed by atoms with van der Waals surface area (Å²) in [5.74, 6) is -0.605. The first kappa shape index (κ1) is 15.4. The summed E-state index contributed by atoms with van der Waals surface area (Å²) in [5.41, 5.74) is 0.0601. The molecule has 0 aliphatic rings. The molecule has 0 aromatic heterocycles. The molecular weight excluding hydrogens is 256 g/mol. The molecule has 1 amide bonds. The van der Waals surface area contributed by atoms with Gasteiger partial charge >= 0.3 is 6.61 Å². The summed E-state index contributed by atoms with van der Waals surface area (Å²) >= 11 is 0. The molecule has 0 unspecified atom stereocenters. The first-order valence-corrected chi connectivity index (χ1v) is 5.93. The minimum atomic E-state index is -2.99. The Kier molecular flexibility index (Phi) is 5.69. The number of hydrogen-bond donors (Lipinski definition) is 1. The lowest BCUT2D eigenvalue weighted by Gasteiger charge is -2.26. The third-order valence-corrected chi connectivity index (χ3v) is 2.56. The van der Waals surface area contributed by atoms with Gasteiger partial charge in [0, 0.05) is 12.6 Å². The van der Waals surface area contributed by atoms with E-state index in [1.165, 1.54) is 23.1 Å². The molecular formula is C13H17F2NO3. The zero-order chi connectivity index (χ0) is 14.4. The smallest absolute Gasteiger partial charge is 0.387 e. The highest BCUT2D eigenvalue weighted by molar-refractivity contribution is 5.97. The number of rotatable bonds is 6. The number of nitrogens with zero attached hydrogens (tertiary/aromatic N) is 1. The number of ether oxygens (including phenoxy) is 1. The molecule has 0 fully saturated rings. The lowest BCUT2D eigenvalue weighted by atomic mass is 10.1. The van der Waals surface area contributed by atoms with Crippen LogP contribution in [0.2, 0.25) is 0 Å². The van der Waals surface area contributed by atoms with Crippen molar-refractivity contribution in [3.8, 4) is 5.75 Å².